The van der Waals surface area contributed by atoms with Crippen molar-refractivity contribution in [3.63, 3.8) is 0 Å². The van der Waals surface area contributed by atoms with E-state index in [1.54, 1.807) is 11.0 Å². The number of anilines is 2. The van der Waals surface area contributed by atoms with Crippen LogP contribution in [0.5, 0.6) is 0 Å². The lowest BCUT2D eigenvalue weighted by Crippen LogP contribution is -1.95. The second-order valence-corrected chi connectivity index (χ2v) is 1.63. The molecule has 10 heavy (non-hydrogen) atoms. The molecule has 2 radical (unpaired) electrons. The van der Waals surface area contributed by atoms with Crippen LogP contribution in [0.4, 0.5) is 11.4 Å². The van der Waals surface area contributed by atoms with Crippen molar-refractivity contribution in [1.29, 1.82) is 0 Å². The smallest absolute Gasteiger partial charge is 0.107 e. The van der Waals surface area contributed by atoms with Gasteiger partial charge in [-0.25, -0.2) is 11.0 Å². The molecule has 0 fully saturated rings. The van der Waals surface area contributed by atoms with Crippen LogP contribution in [0.25, 0.3) is 0 Å². The van der Waals surface area contributed by atoms with Gasteiger partial charge in [0.05, 0.1) is 11.9 Å². The predicted molar refractivity (Wildman–Crippen MR) is 32.9 cm³/mol. The van der Waals surface area contributed by atoms with Crippen LogP contribution in [-0.2, 0) is 10.4 Å². The van der Waals surface area contributed by atoms with Crippen LogP contribution in [0.15, 0.2) is 18.5 Å². The molecule has 0 aliphatic rings. The van der Waals surface area contributed by atoms with Crippen LogP contribution in [0.3, 0.4) is 0 Å². The Morgan fingerprint density at radius 1 is 1.20 bits per heavy atom. The van der Waals surface area contributed by atoms with E-state index >= 15 is 0 Å². The van der Waals surface area contributed by atoms with Gasteiger partial charge in [0.15, 0.2) is 0 Å². The van der Waals surface area contributed by atoms with E-state index in [0.29, 0.717) is 0 Å². The van der Waals surface area contributed by atoms with Gasteiger partial charge in [0.25, 0.3) is 0 Å². The summed E-state index contributed by atoms with van der Waals surface area (Å²) < 4.78 is 0. The molecule has 0 aliphatic carbocycles. The first-order valence-electron chi connectivity index (χ1n) is 2.59. The van der Waals surface area contributed by atoms with Crippen molar-refractivity contribution in [2.75, 3.05) is 11.0 Å². The fourth-order valence-electron chi connectivity index (χ4n) is 0.565. The fraction of sp³-hybridized carbons (Fsp3) is 0. The number of pyridine rings is 1. The van der Waals surface area contributed by atoms with Crippen molar-refractivity contribution in [3.05, 3.63) is 18.5 Å². The first-order valence-corrected chi connectivity index (χ1v) is 2.59. The van der Waals surface area contributed by atoms with Gasteiger partial charge in [0.1, 0.15) is 5.69 Å². The molecule has 52 valence electrons. The molecular weight excluding hydrogens is 134 g/mol. The zero-order valence-electron chi connectivity index (χ0n) is 5.00. The lowest BCUT2D eigenvalue weighted by Gasteiger charge is -2.00. The third kappa shape index (κ3) is 1.15. The van der Waals surface area contributed by atoms with E-state index in [9.17, 15) is 10.4 Å². The Kier molecular flexibility index (Phi) is 2.03. The molecule has 0 aromatic carbocycles. The van der Waals surface area contributed by atoms with E-state index in [1.165, 1.54) is 18.5 Å². The number of rotatable bonds is 2. The first-order chi connectivity index (χ1) is 4.88. The van der Waals surface area contributed by atoms with Gasteiger partial charge in [-0.15, -0.1) is 0 Å². The van der Waals surface area contributed by atoms with Crippen LogP contribution < -0.4 is 11.0 Å². The van der Waals surface area contributed by atoms with Gasteiger partial charge in [0.2, 0.25) is 0 Å². The van der Waals surface area contributed by atoms with Crippen molar-refractivity contribution in [3.8, 4) is 0 Å². The number of nitrogens with one attached hydrogen (secondary N) is 2. The van der Waals surface area contributed by atoms with Crippen LogP contribution in [-0.4, -0.2) is 4.98 Å². The molecule has 0 aliphatic heterocycles. The van der Waals surface area contributed by atoms with Gasteiger partial charge in [-0.3, -0.25) is 4.98 Å². The maximum atomic E-state index is 10.1. The molecule has 5 nitrogen and oxygen atoms in total. The minimum absolute atomic E-state index is 0.150. The van der Waals surface area contributed by atoms with E-state index in [0.717, 1.165) is 0 Å². The Morgan fingerprint density at radius 3 is 2.40 bits per heavy atom. The summed E-state index contributed by atoms with van der Waals surface area (Å²) in [5, 5.41) is 20.1. The first kappa shape index (κ1) is 6.79. The SMILES string of the molecule is [O]Nc1ccncc1N[O]. The monoisotopic (exact) mass is 139 g/mol. The summed E-state index contributed by atoms with van der Waals surface area (Å²) in [5.41, 5.74) is 3.52. The van der Waals surface area contributed by atoms with Crippen molar-refractivity contribution < 1.29 is 10.4 Å². The van der Waals surface area contributed by atoms with Gasteiger partial charge in [0, 0.05) is 6.20 Å². The highest BCUT2D eigenvalue weighted by atomic mass is 16.5. The van der Waals surface area contributed by atoms with Gasteiger partial charge in [-0.2, -0.15) is 0 Å². The Labute approximate surface area is 57.2 Å². The summed E-state index contributed by atoms with van der Waals surface area (Å²) in [4.78, 5) is 3.62. The minimum Gasteiger partial charge on any atom is -0.262 e. The summed E-state index contributed by atoms with van der Waals surface area (Å²) >= 11 is 0. The molecule has 0 saturated heterocycles. The Bertz CT molecular complexity index is 193. The molecule has 5 heteroatoms. The third-order valence-corrected chi connectivity index (χ3v) is 1.04. The van der Waals surface area contributed by atoms with E-state index in [4.69, 9.17) is 0 Å². The molecule has 2 N–H and O–H groups in total. The largest absolute Gasteiger partial charge is 0.262 e. The topological polar surface area (TPSA) is 76.8 Å². The van der Waals surface area contributed by atoms with Gasteiger partial charge in [-0.05, 0) is 6.07 Å². The normalized spacial score (nSPS) is 9.00. The molecular formula is C5H5N3O2. The van der Waals surface area contributed by atoms with Crippen LogP contribution in [0.2, 0.25) is 0 Å². The van der Waals surface area contributed by atoms with Gasteiger partial charge in [-0.1, -0.05) is 10.4 Å². The molecule has 1 aromatic rings. The van der Waals surface area contributed by atoms with Crippen molar-refractivity contribution >= 4 is 11.4 Å². The minimum atomic E-state index is 0.150. The summed E-state index contributed by atoms with van der Waals surface area (Å²) in [7, 11) is 0. The second-order valence-electron chi connectivity index (χ2n) is 1.63. The summed E-state index contributed by atoms with van der Waals surface area (Å²) in [6.07, 6.45) is 2.69. The second kappa shape index (κ2) is 3.00. The summed E-state index contributed by atoms with van der Waals surface area (Å²) in [6, 6.07) is 1.41. The average molecular weight is 139 g/mol. The van der Waals surface area contributed by atoms with Crippen LogP contribution in [0, 0.1) is 0 Å². The fourth-order valence-corrected chi connectivity index (χ4v) is 0.565. The third-order valence-electron chi connectivity index (χ3n) is 1.04. The van der Waals surface area contributed by atoms with Crippen molar-refractivity contribution in [2.45, 2.75) is 0 Å². The van der Waals surface area contributed by atoms with E-state index < -0.39 is 0 Å². The molecule has 0 spiro atoms. The zero-order valence-corrected chi connectivity index (χ0v) is 5.00. The van der Waals surface area contributed by atoms with Gasteiger partial charge >= 0.3 is 0 Å². The highest BCUT2D eigenvalue weighted by molar-refractivity contribution is 5.64. The lowest BCUT2D eigenvalue weighted by atomic mass is 10.4. The van der Waals surface area contributed by atoms with Crippen LogP contribution in [0.1, 0.15) is 0 Å². The highest BCUT2D eigenvalue weighted by Crippen LogP contribution is 2.17. The molecule has 0 saturated carbocycles. The summed E-state index contributed by atoms with van der Waals surface area (Å²) in [5.74, 6) is 0. The average Bonchev–Trinajstić information content (AvgIpc) is 2.04. The highest BCUT2D eigenvalue weighted by Gasteiger charge is 1.97. The molecule has 1 aromatic heterocycles. The molecule has 0 unspecified atom stereocenters. The predicted octanol–water partition coefficient (Wildman–Crippen LogP) is 0.596. The van der Waals surface area contributed by atoms with E-state index in [1.807, 2.05) is 0 Å². The van der Waals surface area contributed by atoms with E-state index in [2.05, 4.69) is 4.98 Å². The quantitative estimate of drug-likeness (QED) is 0.589. The Balaban J connectivity index is 2.96. The molecule has 1 rings (SSSR count). The van der Waals surface area contributed by atoms with Crippen molar-refractivity contribution in [2.24, 2.45) is 0 Å². The number of hydrogen-bond donors (Lipinski definition) is 2. The van der Waals surface area contributed by atoms with Crippen molar-refractivity contribution in [1.82, 2.24) is 4.98 Å². The maximum absolute atomic E-state index is 10.1. The molecule has 1 heterocycles. The lowest BCUT2D eigenvalue weighted by molar-refractivity contribution is 0.264. The molecule has 0 amide bonds. The number of aromatic nitrogens is 1. The maximum Gasteiger partial charge on any atom is 0.107 e. The molecule has 0 bridgehead atoms. The zero-order chi connectivity index (χ0) is 7.40. The Hall–Kier alpha value is -1.33. The van der Waals surface area contributed by atoms with Gasteiger partial charge < -0.3 is 0 Å². The van der Waals surface area contributed by atoms with Crippen LogP contribution >= 0.6 is 0 Å². The molecule has 0 atom stereocenters. The number of hydrogen-bond acceptors (Lipinski definition) is 3. The van der Waals surface area contributed by atoms with E-state index in [-0.39, 0.29) is 11.4 Å². The standard InChI is InChI=1S/C5H5N3O2/c9-7-4-1-2-6-3-5(4)8-10/h1-3,8H,(H,6,7). The summed E-state index contributed by atoms with van der Waals surface area (Å²) in [6.45, 7) is 0. The Morgan fingerprint density at radius 2 is 1.90 bits per heavy atom. The number of nitrogens with zero attached hydrogens (tertiary/aromatic N) is 1.